The molecule has 0 radical (unpaired) electrons. The zero-order valence-corrected chi connectivity index (χ0v) is 21.8. The molecule has 0 aliphatic carbocycles. The highest BCUT2D eigenvalue weighted by Crippen LogP contribution is 2.34. The Morgan fingerprint density at radius 1 is 1.05 bits per heavy atom. The highest BCUT2D eigenvalue weighted by molar-refractivity contribution is 7.13. The Morgan fingerprint density at radius 3 is 2.50 bits per heavy atom. The van der Waals surface area contributed by atoms with Crippen molar-refractivity contribution in [2.24, 2.45) is 5.10 Å². The van der Waals surface area contributed by atoms with Crippen LogP contribution in [0.4, 0.5) is 24.0 Å². The largest absolute Gasteiger partial charge is 0.486 e. The highest BCUT2D eigenvalue weighted by Gasteiger charge is 2.30. The van der Waals surface area contributed by atoms with Crippen molar-refractivity contribution in [3.63, 3.8) is 0 Å². The maximum atomic E-state index is 12.9. The number of rotatable bonds is 9. The Balaban J connectivity index is 1.30. The van der Waals surface area contributed by atoms with E-state index in [0.717, 1.165) is 29.0 Å². The molecule has 0 aliphatic heterocycles. The van der Waals surface area contributed by atoms with Gasteiger partial charge < -0.3 is 10.1 Å². The van der Waals surface area contributed by atoms with E-state index in [2.05, 4.69) is 20.8 Å². The fourth-order valence-corrected chi connectivity index (χ4v) is 4.59. The van der Waals surface area contributed by atoms with Crippen molar-refractivity contribution >= 4 is 57.5 Å². The van der Waals surface area contributed by atoms with E-state index in [1.165, 1.54) is 18.3 Å². The number of ether oxygens (including phenoxy) is 1. The lowest BCUT2D eigenvalue weighted by Crippen LogP contribution is -2.19. The van der Waals surface area contributed by atoms with Crippen LogP contribution in [-0.2, 0) is 24.0 Å². The van der Waals surface area contributed by atoms with Gasteiger partial charge in [0.15, 0.2) is 10.9 Å². The second-order valence-corrected chi connectivity index (χ2v) is 9.58. The number of nitrogens with one attached hydrogen (secondary N) is 2. The van der Waals surface area contributed by atoms with E-state index in [0.29, 0.717) is 38.8 Å². The monoisotopic (exact) mass is 578 g/mol. The van der Waals surface area contributed by atoms with Gasteiger partial charge in [-0.3, -0.25) is 4.79 Å². The standard InChI is InChI=1S/C26H19Cl2F3N4O2S/c27-21-9-17(10-22(28)24(21)37-14-16-5-2-1-3-6-16)13-32-35-23(36)12-20-15-38-25(34-20)33-19-8-4-7-18(11-19)26(29,30)31/h1-11,13,15H,12,14H2,(H,33,34)(H,35,36)/b32-13-. The number of anilines is 2. The first-order valence-electron chi connectivity index (χ1n) is 11.0. The molecule has 196 valence electrons. The van der Waals surface area contributed by atoms with Gasteiger partial charge in [-0.25, -0.2) is 10.4 Å². The van der Waals surface area contributed by atoms with Crippen molar-refractivity contribution in [3.05, 3.63) is 105 Å². The number of hydrogen-bond acceptors (Lipinski definition) is 6. The maximum Gasteiger partial charge on any atom is 0.416 e. The third-order valence-electron chi connectivity index (χ3n) is 4.98. The SMILES string of the molecule is O=C(Cc1csc(Nc2cccc(C(F)(F)F)c2)n1)N/N=C\c1cc(Cl)c(OCc2ccccc2)c(Cl)c1. The van der Waals surface area contributed by atoms with Gasteiger partial charge >= 0.3 is 6.18 Å². The molecule has 6 nitrogen and oxygen atoms in total. The lowest BCUT2D eigenvalue weighted by Gasteiger charge is -2.11. The molecule has 38 heavy (non-hydrogen) atoms. The van der Waals surface area contributed by atoms with Gasteiger partial charge in [0, 0.05) is 11.1 Å². The van der Waals surface area contributed by atoms with Gasteiger partial charge in [0.2, 0.25) is 5.91 Å². The predicted octanol–water partition coefficient (Wildman–Crippen LogP) is 7.48. The van der Waals surface area contributed by atoms with E-state index in [1.54, 1.807) is 17.5 Å². The van der Waals surface area contributed by atoms with Crippen molar-refractivity contribution in [1.29, 1.82) is 0 Å². The Bertz CT molecular complexity index is 1420. The molecule has 2 N–H and O–H groups in total. The van der Waals surface area contributed by atoms with Crippen LogP contribution in [0.3, 0.4) is 0 Å². The first kappa shape index (κ1) is 27.4. The third-order valence-corrected chi connectivity index (χ3v) is 6.35. The molecule has 0 saturated carbocycles. The number of benzene rings is 3. The van der Waals surface area contributed by atoms with Gasteiger partial charge in [0.25, 0.3) is 0 Å². The first-order valence-corrected chi connectivity index (χ1v) is 12.7. The van der Waals surface area contributed by atoms with Crippen LogP contribution in [0.5, 0.6) is 5.75 Å². The van der Waals surface area contributed by atoms with E-state index < -0.39 is 17.6 Å². The molecule has 4 rings (SSSR count). The van der Waals surface area contributed by atoms with E-state index in [-0.39, 0.29) is 12.1 Å². The summed E-state index contributed by atoms with van der Waals surface area (Å²) in [5.41, 5.74) is 3.81. The first-order chi connectivity index (χ1) is 18.2. The molecule has 1 aromatic heterocycles. The van der Waals surface area contributed by atoms with E-state index in [1.807, 2.05) is 30.3 Å². The lowest BCUT2D eigenvalue weighted by atomic mass is 10.2. The zero-order chi connectivity index (χ0) is 27.1. The Kier molecular flexibility index (Phi) is 8.88. The Morgan fingerprint density at radius 2 is 1.79 bits per heavy atom. The molecule has 0 bridgehead atoms. The van der Waals surface area contributed by atoms with Crippen LogP contribution in [0.25, 0.3) is 0 Å². The Hall–Kier alpha value is -3.60. The number of thiazole rings is 1. The van der Waals surface area contributed by atoms with E-state index in [4.69, 9.17) is 27.9 Å². The molecule has 12 heteroatoms. The fourth-order valence-electron chi connectivity index (χ4n) is 3.25. The molecule has 0 aliphatic rings. The predicted molar refractivity (Wildman–Crippen MR) is 144 cm³/mol. The summed E-state index contributed by atoms with van der Waals surface area (Å²) in [5.74, 6) is -0.0892. The van der Waals surface area contributed by atoms with Crippen molar-refractivity contribution in [1.82, 2.24) is 10.4 Å². The van der Waals surface area contributed by atoms with Crippen molar-refractivity contribution in [2.45, 2.75) is 19.2 Å². The van der Waals surface area contributed by atoms with Crippen LogP contribution in [0.1, 0.15) is 22.4 Å². The summed E-state index contributed by atoms with van der Waals surface area (Å²) in [6.07, 6.45) is -3.14. The number of halogens is 5. The van der Waals surface area contributed by atoms with Crippen molar-refractivity contribution < 1.29 is 22.7 Å². The highest BCUT2D eigenvalue weighted by atomic mass is 35.5. The minimum atomic E-state index is -4.45. The second kappa shape index (κ2) is 12.3. The quantitative estimate of drug-likeness (QED) is 0.159. The molecular formula is C26H19Cl2F3N4O2S. The average molecular weight is 579 g/mol. The Labute approximate surface area is 230 Å². The van der Waals surface area contributed by atoms with Crippen LogP contribution in [0.2, 0.25) is 10.0 Å². The van der Waals surface area contributed by atoms with Gasteiger partial charge in [0.05, 0.1) is 33.9 Å². The summed E-state index contributed by atoms with van der Waals surface area (Å²) in [5, 5.41) is 9.32. The summed E-state index contributed by atoms with van der Waals surface area (Å²) in [6, 6.07) is 17.5. The van der Waals surface area contributed by atoms with Crippen LogP contribution in [0, 0.1) is 0 Å². The average Bonchev–Trinajstić information content (AvgIpc) is 3.30. The van der Waals surface area contributed by atoms with Gasteiger partial charge in [0.1, 0.15) is 6.61 Å². The number of carbonyl (C=O) groups is 1. The number of aromatic nitrogens is 1. The summed E-state index contributed by atoms with van der Waals surface area (Å²) < 4.78 is 44.4. The molecule has 4 aromatic rings. The third kappa shape index (κ3) is 7.70. The topological polar surface area (TPSA) is 75.6 Å². The minimum Gasteiger partial charge on any atom is -0.486 e. The fraction of sp³-hybridized carbons (Fsp3) is 0.115. The lowest BCUT2D eigenvalue weighted by molar-refractivity contribution is -0.137. The number of amides is 1. The van der Waals surface area contributed by atoms with E-state index >= 15 is 0 Å². The van der Waals surface area contributed by atoms with Gasteiger partial charge in [-0.15, -0.1) is 11.3 Å². The number of carbonyl (C=O) groups excluding carboxylic acids is 1. The van der Waals surface area contributed by atoms with E-state index in [9.17, 15) is 18.0 Å². The molecule has 3 aromatic carbocycles. The van der Waals surface area contributed by atoms with Crippen LogP contribution in [-0.4, -0.2) is 17.1 Å². The molecule has 0 atom stereocenters. The second-order valence-electron chi connectivity index (χ2n) is 7.91. The van der Waals surface area contributed by atoms with Crippen LogP contribution < -0.4 is 15.5 Å². The number of hydrogen-bond donors (Lipinski definition) is 2. The molecule has 0 fully saturated rings. The normalized spacial score (nSPS) is 11.5. The maximum absolute atomic E-state index is 12.9. The van der Waals surface area contributed by atoms with Gasteiger partial charge in [-0.1, -0.05) is 59.6 Å². The minimum absolute atomic E-state index is 0.0775. The molecule has 0 saturated heterocycles. The van der Waals surface area contributed by atoms with Gasteiger partial charge in [-0.2, -0.15) is 18.3 Å². The molecule has 0 unspecified atom stereocenters. The smallest absolute Gasteiger partial charge is 0.416 e. The number of alkyl halides is 3. The van der Waals surface area contributed by atoms with Crippen molar-refractivity contribution in [2.75, 3.05) is 5.32 Å². The molecule has 1 amide bonds. The molecule has 1 heterocycles. The molecular weight excluding hydrogens is 560 g/mol. The number of hydrazone groups is 1. The summed E-state index contributed by atoms with van der Waals surface area (Å²) in [7, 11) is 0. The summed E-state index contributed by atoms with van der Waals surface area (Å²) in [4.78, 5) is 16.5. The van der Waals surface area contributed by atoms with Gasteiger partial charge in [-0.05, 0) is 41.5 Å². The summed E-state index contributed by atoms with van der Waals surface area (Å²) >= 11 is 13.8. The zero-order valence-electron chi connectivity index (χ0n) is 19.4. The number of nitrogens with zero attached hydrogens (tertiary/aromatic N) is 2. The summed E-state index contributed by atoms with van der Waals surface area (Å²) in [6.45, 7) is 0.303. The molecule has 0 spiro atoms. The van der Waals surface area contributed by atoms with Crippen LogP contribution >= 0.6 is 34.5 Å². The van der Waals surface area contributed by atoms with Crippen LogP contribution in [0.15, 0.2) is 77.2 Å². The van der Waals surface area contributed by atoms with Crippen molar-refractivity contribution in [3.8, 4) is 5.75 Å².